The van der Waals surface area contributed by atoms with Gasteiger partial charge in [-0.15, -0.1) is 0 Å². The molecule has 2 aromatic carbocycles. The van der Waals surface area contributed by atoms with Crippen molar-refractivity contribution in [3.05, 3.63) is 82.9 Å². The Balaban J connectivity index is 1.64. The summed E-state index contributed by atoms with van der Waals surface area (Å²) in [5, 5.41) is 13.0. The van der Waals surface area contributed by atoms with Gasteiger partial charge in [-0.25, -0.2) is 4.98 Å². The van der Waals surface area contributed by atoms with Gasteiger partial charge in [-0.2, -0.15) is 5.26 Å². The number of rotatable bonds is 5. The van der Waals surface area contributed by atoms with E-state index in [2.05, 4.69) is 40.6 Å². The van der Waals surface area contributed by atoms with E-state index < -0.39 is 0 Å². The minimum absolute atomic E-state index is 0.550. The molecular weight excluding hydrogens is 308 g/mol. The molecule has 5 heteroatoms. The van der Waals surface area contributed by atoms with Crippen LogP contribution in [0, 0.1) is 11.3 Å². The van der Waals surface area contributed by atoms with Crippen LogP contribution in [0.1, 0.15) is 16.7 Å². The smallest absolute Gasteiger partial charge is 0.101 e. The predicted octanol–water partition coefficient (Wildman–Crippen LogP) is 4.07. The lowest BCUT2D eigenvalue weighted by Crippen LogP contribution is -2.02. The van der Waals surface area contributed by atoms with Crippen LogP contribution in [0.2, 0.25) is 5.02 Å². The Morgan fingerprint density at radius 3 is 2.61 bits per heavy atom. The van der Waals surface area contributed by atoms with E-state index in [1.165, 1.54) is 5.56 Å². The van der Waals surface area contributed by atoms with Crippen LogP contribution in [0.5, 0.6) is 0 Å². The molecule has 0 bridgehead atoms. The standard InChI is InChI=1S/C18H15ClN4/c19-17-5-6-18(16(9-17)10-20)22-11-14-1-3-15(4-2-14)12-23-8-7-21-13-23/h1-9,13,22H,11-12H2. The Morgan fingerprint density at radius 2 is 1.91 bits per heavy atom. The first-order valence-corrected chi connectivity index (χ1v) is 7.59. The lowest BCUT2D eigenvalue weighted by atomic mass is 10.1. The fraction of sp³-hybridized carbons (Fsp3) is 0.111. The van der Waals surface area contributed by atoms with E-state index in [0.717, 1.165) is 17.8 Å². The molecule has 0 unspecified atom stereocenters. The van der Waals surface area contributed by atoms with Crippen LogP contribution >= 0.6 is 11.6 Å². The molecule has 0 spiro atoms. The zero-order valence-corrected chi connectivity index (χ0v) is 13.2. The average molecular weight is 323 g/mol. The quantitative estimate of drug-likeness (QED) is 0.770. The molecule has 3 rings (SSSR count). The van der Waals surface area contributed by atoms with E-state index >= 15 is 0 Å². The van der Waals surface area contributed by atoms with Crippen molar-refractivity contribution in [2.75, 3.05) is 5.32 Å². The number of benzene rings is 2. The van der Waals surface area contributed by atoms with Crippen LogP contribution in [0.4, 0.5) is 5.69 Å². The molecule has 1 N–H and O–H groups in total. The second-order valence-electron chi connectivity index (χ2n) is 5.21. The van der Waals surface area contributed by atoms with E-state index in [1.54, 1.807) is 24.7 Å². The number of nitrogens with zero attached hydrogens (tertiary/aromatic N) is 3. The predicted molar refractivity (Wildman–Crippen MR) is 91.3 cm³/mol. The second-order valence-corrected chi connectivity index (χ2v) is 5.64. The van der Waals surface area contributed by atoms with Crippen LogP contribution in [-0.4, -0.2) is 9.55 Å². The number of anilines is 1. The van der Waals surface area contributed by atoms with Gasteiger partial charge in [0.2, 0.25) is 0 Å². The Morgan fingerprint density at radius 1 is 1.13 bits per heavy atom. The molecule has 0 aliphatic rings. The Bertz CT molecular complexity index is 817. The van der Waals surface area contributed by atoms with Crippen molar-refractivity contribution in [1.29, 1.82) is 5.26 Å². The van der Waals surface area contributed by atoms with Crippen LogP contribution in [0.3, 0.4) is 0 Å². The summed E-state index contributed by atoms with van der Waals surface area (Å²) in [5.74, 6) is 0. The summed E-state index contributed by atoms with van der Waals surface area (Å²) in [6.07, 6.45) is 5.52. The van der Waals surface area contributed by atoms with Gasteiger partial charge >= 0.3 is 0 Å². The first-order chi connectivity index (χ1) is 11.2. The highest BCUT2D eigenvalue weighted by atomic mass is 35.5. The Labute approximate surface area is 140 Å². The molecule has 3 aromatic rings. The molecule has 4 nitrogen and oxygen atoms in total. The van der Waals surface area contributed by atoms with Crippen molar-refractivity contribution in [2.24, 2.45) is 0 Å². The molecule has 0 radical (unpaired) electrons. The number of nitriles is 1. The zero-order valence-electron chi connectivity index (χ0n) is 12.4. The molecule has 1 aromatic heterocycles. The molecular formula is C18H15ClN4. The lowest BCUT2D eigenvalue weighted by Gasteiger charge is -2.09. The lowest BCUT2D eigenvalue weighted by molar-refractivity contribution is 0.797. The number of halogens is 1. The summed E-state index contributed by atoms with van der Waals surface area (Å²) in [4.78, 5) is 4.04. The second kappa shape index (κ2) is 6.99. The highest BCUT2D eigenvalue weighted by Gasteiger charge is 2.03. The topological polar surface area (TPSA) is 53.6 Å². The van der Waals surface area contributed by atoms with Crippen LogP contribution < -0.4 is 5.32 Å². The van der Waals surface area contributed by atoms with E-state index in [0.29, 0.717) is 17.1 Å². The first-order valence-electron chi connectivity index (χ1n) is 7.22. The Kier molecular flexibility index (Phi) is 4.60. The van der Waals surface area contributed by atoms with Gasteiger partial charge in [-0.05, 0) is 29.3 Å². The van der Waals surface area contributed by atoms with E-state index in [-0.39, 0.29) is 0 Å². The average Bonchev–Trinajstić information content (AvgIpc) is 3.08. The number of hydrogen-bond donors (Lipinski definition) is 1. The van der Waals surface area contributed by atoms with Crippen LogP contribution in [0.15, 0.2) is 61.2 Å². The van der Waals surface area contributed by atoms with Gasteiger partial charge in [0.15, 0.2) is 0 Å². The SMILES string of the molecule is N#Cc1cc(Cl)ccc1NCc1ccc(Cn2ccnc2)cc1. The zero-order chi connectivity index (χ0) is 16.1. The maximum Gasteiger partial charge on any atom is 0.101 e. The van der Waals surface area contributed by atoms with E-state index in [1.807, 2.05) is 16.8 Å². The minimum Gasteiger partial charge on any atom is -0.380 e. The molecule has 114 valence electrons. The van der Waals surface area contributed by atoms with Crippen molar-refractivity contribution in [3.8, 4) is 6.07 Å². The largest absolute Gasteiger partial charge is 0.380 e. The molecule has 0 aliphatic heterocycles. The summed E-state index contributed by atoms with van der Waals surface area (Å²) in [6.45, 7) is 1.46. The normalized spacial score (nSPS) is 10.3. The fourth-order valence-corrected chi connectivity index (χ4v) is 2.49. The number of aromatic nitrogens is 2. The first kappa shape index (κ1) is 15.1. The maximum atomic E-state index is 9.14. The van der Waals surface area contributed by atoms with Gasteiger partial charge in [0.1, 0.15) is 6.07 Å². The third-order valence-corrected chi connectivity index (χ3v) is 3.77. The van der Waals surface area contributed by atoms with Crippen molar-refractivity contribution < 1.29 is 0 Å². The highest BCUT2D eigenvalue weighted by Crippen LogP contribution is 2.20. The number of imidazole rings is 1. The van der Waals surface area contributed by atoms with Crippen LogP contribution in [0.25, 0.3) is 0 Å². The van der Waals surface area contributed by atoms with Crippen molar-refractivity contribution >= 4 is 17.3 Å². The minimum atomic E-state index is 0.550. The molecule has 0 aliphatic carbocycles. The van der Waals surface area contributed by atoms with E-state index in [9.17, 15) is 0 Å². The van der Waals surface area contributed by atoms with Crippen molar-refractivity contribution in [2.45, 2.75) is 13.1 Å². The molecule has 23 heavy (non-hydrogen) atoms. The van der Waals surface area contributed by atoms with Crippen molar-refractivity contribution in [3.63, 3.8) is 0 Å². The third kappa shape index (κ3) is 3.91. The van der Waals surface area contributed by atoms with Gasteiger partial charge in [0.05, 0.1) is 17.6 Å². The van der Waals surface area contributed by atoms with Gasteiger partial charge in [-0.1, -0.05) is 35.9 Å². The number of hydrogen-bond acceptors (Lipinski definition) is 3. The molecule has 1 heterocycles. The molecule has 0 fully saturated rings. The third-order valence-electron chi connectivity index (χ3n) is 3.53. The Hall–Kier alpha value is -2.77. The summed E-state index contributed by atoms with van der Waals surface area (Å²) in [7, 11) is 0. The molecule has 0 saturated heterocycles. The monoisotopic (exact) mass is 322 g/mol. The fourth-order valence-electron chi connectivity index (χ4n) is 2.31. The maximum absolute atomic E-state index is 9.14. The highest BCUT2D eigenvalue weighted by molar-refractivity contribution is 6.30. The van der Waals surface area contributed by atoms with Crippen molar-refractivity contribution in [1.82, 2.24) is 9.55 Å². The molecule has 0 atom stereocenters. The summed E-state index contributed by atoms with van der Waals surface area (Å²) in [5.41, 5.74) is 3.71. The van der Waals surface area contributed by atoms with Gasteiger partial charge < -0.3 is 9.88 Å². The van der Waals surface area contributed by atoms with Gasteiger partial charge in [0.25, 0.3) is 0 Å². The molecule has 0 amide bonds. The number of nitrogens with one attached hydrogen (secondary N) is 1. The van der Waals surface area contributed by atoms with Gasteiger partial charge in [0, 0.05) is 30.5 Å². The summed E-state index contributed by atoms with van der Waals surface area (Å²) >= 11 is 5.90. The summed E-state index contributed by atoms with van der Waals surface area (Å²) in [6, 6.07) is 15.8. The van der Waals surface area contributed by atoms with E-state index in [4.69, 9.17) is 16.9 Å². The van der Waals surface area contributed by atoms with Crippen LogP contribution in [-0.2, 0) is 13.1 Å². The summed E-state index contributed by atoms with van der Waals surface area (Å²) < 4.78 is 2.03. The molecule has 0 saturated carbocycles. The van der Waals surface area contributed by atoms with Gasteiger partial charge in [-0.3, -0.25) is 0 Å².